The van der Waals surface area contributed by atoms with E-state index in [-0.39, 0.29) is 16.5 Å². The van der Waals surface area contributed by atoms with Crippen LogP contribution in [0.15, 0.2) is 33.4 Å². The van der Waals surface area contributed by atoms with E-state index < -0.39 is 0 Å². The van der Waals surface area contributed by atoms with Crippen molar-refractivity contribution in [1.29, 1.82) is 0 Å². The lowest BCUT2D eigenvalue weighted by Crippen LogP contribution is -2.45. The highest BCUT2D eigenvalue weighted by molar-refractivity contribution is 5.82. The summed E-state index contributed by atoms with van der Waals surface area (Å²) in [6, 6.07) is 4.13. The summed E-state index contributed by atoms with van der Waals surface area (Å²) < 4.78 is 3.45. The minimum absolute atomic E-state index is 0.00982. The average Bonchev–Trinajstić information content (AvgIpc) is 2.61. The first-order valence-corrected chi connectivity index (χ1v) is 10.5. The molecule has 28 heavy (non-hydrogen) atoms. The Balaban J connectivity index is 2.02. The number of aryl methyl sites for hydroxylation is 3. The molecular formula is C24H34N2O2. The second-order valence-electron chi connectivity index (χ2n) is 9.43. The van der Waals surface area contributed by atoms with E-state index in [2.05, 4.69) is 53.7 Å². The van der Waals surface area contributed by atoms with Gasteiger partial charge in [0.05, 0.1) is 11.0 Å². The van der Waals surface area contributed by atoms with Crippen LogP contribution in [-0.4, -0.2) is 9.13 Å². The van der Waals surface area contributed by atoms with E-state index in [0.717, 1.165) is 36.7 Å². The van der Waals surface area contributed by atoms with E-state index in [0.29, 0.717) is 19.0 Å². The lowest BCUT2D eigenvalue weighted by molar-refractivity contribution is 0.409. The van der Waals surface area contributed by atoms with Gasteiger partial charge in [0.25, 0.3) is 0 Å². The lowest BCUT2D eigenvalue weighted by Gasteiger charge is -2.35. The third kappa shape index (κ3) is 3.74. The van der Waals surface area contributed by atoms with Crippen molar-refractivity contribution in [1.82, 2.24) is 9.13 Å². The summed E-state index contributed by atoms with van der Waals surface area (Å²) in [4.78, 5) is 25.7. The van der Waals surface area contributed by atoms with Crippen LogP contribution in [0.4, 0.5) is 0 Å². The molecule has 0 saturated carbocycles. The Bertz CT molecular complexity index is 1030. The Morgan fingerprint density at radius 1 is 1.18 bits per heavy atom. The molecule has 0 N–H and O–H groups in total. The molecule has 4 nitrogen and oxygen atoms in total. The summed E-state index contributed by atoms with van der Waals surface area (Å²) in [6.45, 7) is 14.3. The number of nitrogens with zero attached hydrogens (tertiary/aromatic N) is 2. The molecule has 1 atom stereocenters. The Labute approximate surface area is 167 Å². The van der Waals surface area contributed by atoms with Crippen LogP contribution in [0.5, 0.6) is 0 Å². The SMILES string of the molecule is CC(C)=CCC[C@@H](C)CCn1c(=O)c(=O)n2c3c(c(C)ccc31)C(C)(C)CC2. The number of allylic oxidation sites excluding steroid dienone is 2. The van der Waals surface area contributed by atoms with Crippen LogP contribution in [0.25, 0.3) is 11.0 Å². The van der Waals surface area contributed by atoms with Crippen molar-refractivity contribution < 1.29 is 0 Å². The molecule has 2 heterocycles. The second-order valence-corrected chi connectivity index (χ2v) is 9.43. The van der Waals surface area contributed by atoms with E-state index in [1.165, 1.54) is 16.7 Å². The summed E-state index contributed by atoms with van der Waals surface area (Å²) in [5, 5.41) is 0. The topological polar surface area (TPSA) is 44.0 Å². The van der Waals surface area contributed by atoms with Gasteiger partial charge in [-0.15, -0.1) is 0 Å². The molecule has 0 unspecified atom stereocenters. The molecule has 2 aromatic rings. The Hall–Kier alpha value is -2.10. The number of benzene rings is 1. The minimum atomic E-state index is -0.376. The van der Waals surface area contributed by atoms with Crippen LogP contribution in [0.1, 0.15) is 71.4 Å². The van der Waals surface area contributed by atoms with E-state index in [4.69, 9.17) is 0 Å². The van der Waals surface area contributed by atoms with E-state index in [1.807, 2.05) is 6.07 Å². The maximum Gasteiger partial charge on any atom is 0.316 e. The normalized spacial score (nSPS) is 16.2. The molecule has 1 aliphatic rings. The van der Waals surface area contributed by atoms with Crippen LogP contribution in [0, 0.1) is 12.8 Å². The van der Waals surface area contributed by atoms with Gasteiger partial charge >= 0.3 is 11.1 Å². The van der Waals surface area contributed by atoms with E-state index in [9.17, 15) is 9.59 Å². The van der Waals surface area contributed by atoms with Crippen molar-refractivity contribution in [2.75, 3.05) is 0 Å². The number of rotatable bonds is 6. The average molecular weight is 383 g/mol. The highest BCUT2D eigenvalue weighted by Gasteiger charge is 2.32. The summed E-state index contributed by atoms with van der Waals surface area (Å²) in [7, 11) is 0. The maximum absolute atomic E-state index is 12.9. The fourth-order valence-corrected chi connectivity index (χ4v) is 4.57. The standard InChI is InChI=1S/C24H34N2O2/c1-16(2)8-7-9-17(3)12-14-25-19-11-10-18(4)20-21(19)26(23(28)22(25)27)15-13-24(20,5)6/h8,10-11,17H,7,9,12-15H2,1-6H3/t17-/m1/s1. The van der Waals surface area contributed by atoms with E-state index >= 15 is 0 Å². The fourth-order valence-electron chi connectivity index (χ4n) is 4.57. The molecule has 1 aromatic carbocycles. The Morgan fingerprint density at radius 3 is 2.57 bits per heavy atom. The summed E-state index contributed by atoms with van der Waals surface area (Å²) in [5.41, 5.74) is 4.91. The third-order valence-electron chi connectivity index (χ3n) is 6.29. The van der Waals surface area contributed by atoms with Gasteiger partial charge in [-0.2, -0.15) is 0 Å². The molecular weight excluding hydrogens is 348 g/mol. The predicted octanol–water partition coefficient (Wildman–Crippen LogP) is 4.93. The quantitative estimate of drug-likeness (QED) is 0.525. The zero-order chi connectivity index (χ0) is 20.6. The molecule has 152 valence electrons. The smallest absolute Gasteiger partial charge is 0.302 e. The van der Waals surface area contributed by atoms with Crippen molar-refractivity contribution in [2.24, 2.45) is 5.92 Å². The van der Waals surface area contributed by atoms with Gasteiger partial charge in [0.1, 0.15) is 0 Å². The van der Waals surface area contributed by atoms with Crippen molar-refractivity contribution >= 4 is 11.0 Å². The molecule has 0 aliphatic carbocycles. The zero-order valence-electron chi connectivity index (χ0n) is 18.3. The largest absolute Gasteiger partial charge is 0.316 e. The molecule has 3 rings (SSSR count). The van der Waals surface area contributed by atoms with Gasteiger partial charge < -0.3 is 9.13 Å². The molecule has 1 aliphatic heterocycles. The molecule has 0 fully saturated rings. The van der Waals surface area contributed by atoms with Crippen molar-refractivity contribution in [3.05, 3.63) is 55.6 Å². The van der Waals surface area contributed by atoms with Crippen LogP contribution >= 0.6 is 0 Å². The lowest BCUT2D eigenvalue weighted by atomic mass is 9.76. The van der Waals surface area contributed by atoms with Gasteiger partial charge in [0.15, 0.2) is 0 Å². The van der Waals surface area contributed by atoms with E-state index in [1.54, 1.807) is 9.13 Å². The van der Waals surface area contributed by atoms with Crippen molar-refractivity contribution in [3.63, 3.8) is 0 Å². The van der Waals surface area contributed by atoms with Gasteiger partial charge in [0, 0.05) is 13.1 Å². The first kappa shape index (κ1) is 20.6. The fraction of sp³-hybridized carbons (Fsp3) is 0.583. The molecule has 0 saturated heterocycles. The molecule has 1 aromatic heterocycles. The van der Waals surface area contributed by atoms with Gasteiger partial charge in [-0.25, -0.2) is 0 Å². The number of hydrogen-bond donors (Lipinski definition) is 0. The monoisotopic (exact) mass is 382 g/mol. The van der Waals surface area contributed by atoms with Crippen LogP contribution in [0.2, 0.25) is 0 Å². The van der Waals surface area contributed by atoms with Crippen LogP contribution < -0.4 is 11.1 Å². The summed E-state index contributed by atoms with van der Waals surface area (Å²) in [6.07, 6.45) is 6.22. The van der Waals surface area contributed by atoms with Crippen molar-refractivity contribution in [3.8, 4) is 0 Å². The molecule has 0 amide bonds. The summed E-state index contributed by atoms with van der Waals surface area (Å²) in [5.74, 6) is 0.509. The highest BCUT2D eigenvalue weighted by Crippen LogP contribution is 2.38. The van der Waals surface area contributed by atoms with Crippen LogP contribution in [0.3, 0.4) is 0 Å². The zero-order valence-corrected chi connectivity index (χ0v) is 18.3. The minimum Gasteiger partial charge on any atom is -0.302 e. The molecule has 0 spiro atoms. The first-order chi connectivity index (χ1) is 13.1. The number of aromatic nitrogens is 2. The first-order valence-electron chi connectivity index (χ1n) is 10.5. The molecule has 4 heteroatoms. The second kappa shape index (κ2) is 7.73. The van der Waals surface area contributed by atoms with Crippen molar-refractivity contribution in [2.45, 2.75) is 85.7 Å². The van der Waals surface area contributed by atoms with Gasteiger partial charge in [-0.05, 0) is 75.0 Å². The Kier molecular flexibility index (Phi) is 5.69. The van der Waals surface area contributed by atoms with Crippen LogP contribution in [-0.2, 0) is 18.5 Å². The molecule has 0 bridgehead atoms. The van der Waals surface area contributed by atoms with Gasteiger partial charge in [0.2, 0.25) is 0 Å². The third-order valence-corrected chi connectivity index (χ3v) is 6.29. The van der Waals surface area contributed by atoms with Gasteiger partial charge in [-0.1, -0.05) is 38.5 Å². The molecule has 0 radical (unpaired) electrons. The number of hydrogen-bond acceptors (Lipinski definition) is 2. The Morgan fingerprint density at radius 2 is 1.89 bits per heavy atom. The highest BCUT2D eigenvalue weighted by atomic mass is 16.2. The summed E-state index contributed by atoms with van der Waals surface area (Å²) >= 11 is 0. The predicted molar refractivity (Wildman–Crippen MR) is 117 cm³/mol. The van der Waals surface area contributed by atoms with Gasteiger partial charge in [-0.3, -0.25) is 9.59 Å². The maximum atomic E-state index is 12.9.